The summed E-state index contributed by atoms with van der Waals surface area (Å²) in [4.78, 5) is 0. The topological polar surface area (TPSA) is 21.3 Å². The molecule has 0 saturated carbocycles. The highest BCUT2D eigenvalue weighted by Gasteiger charge is 2.28. The van der Waals surface area contributed by atoms with Gasteiger partial charge in [0, 0.05) is 12.6 Å². The van der Waals surface area contributed by atoms with Crippen molar-refractivity contribution in [2.45, 2.75) is 45.1 Å². The minimum atomic E-state index is 0.337. The smallest absolute Gasteiger partial charge is 0.0704 e. The molecular weight excluding hydrogens is 186 g/mol. The molecule has 1 fully saturated rings. The van der Waals surface area contributed by atoms with Crippen LogP contribution in [0.3, 0.4) is 0 Å². The summed E-state index contributed by atoms with van der Waals surface area (Å²) in [5, 5.41) is 3.55. The Balaban J connectivity index is 1.84. The molecule has 82 valence electrons. The van der Waals surface area contributed by atoms with E-state index in [1.807, 2.05) is 6.07 Å². The van der Waals surface area contributed by atoms with Crippen LogP contribution in [-0.4, -0.2) is 18.2 Å². The van der Waals surface area contributed by atoms with Gasteiger partial charge in [0.15, 0.2) is 0 Å². The molecule has 1 aromatic carbocycles. The molecule has 0 amide bonds. The Hall–Kier alpha value is -0.860. The number of rotatable bonds is 3. The van der Waals surface area contributed by atoms with Crippen molar-refractivity contribution in [3.05, 3.63) is 35.9 Å². The highest BCUT2D eigenvalue weighted by Crippen LogP contribution is 2.19. The number of hydrogen-bond donors (Lipinski definition) is 1. The number of nitrogens with one attached hydrogen (secondary N) is 1. The van der Waals surface area contributed by atoms with Gasteiger partial charge >= 0.3 is 0 Å². The van der Waals surface area contributed by atoms with Gasteiger partial charge in [-0.3, -0.25) is 0 Å². The van der Waals surface area contributed by atoms with Gasteiger partial charge in [0.1, 0.15) is 0 Å². The molecule has 3 atom stereocenters. The number of hydrogen-bond acceptors (Lipinski definition) is 2. The molecule has 0 aromatic heterocycles. The standard InChI is InChI=1S/C13H19NO/c1-10-8-13(11(2)15-10)14-9-12-6-4-3-5-7-12/h3-7,10-11,13-14H,8-9H2,1-2H3. The molecule has 15 heavy (non-hydrogen) atoms. The molecule has 1 aliphatic rings. The van der Waals surface area contributed by atoms with Crippen LogP contribution in [0.4, 0.5) is 0 Å². The SMILES string of the molecule is CC1CC(NCc2ccccc2)C(C)O1. The van der Waals surface area contributed by atoms with E-state index in [0.29, 0.717) is 18.2 Å². The third-order valence-electron chi connectivity index (χ3n) is 3.01. The summed E-state index contributed by atoms with van der Waals surface area (Å²) in [5.74, 6) is 0. The van der Waals surface area contributed by atoms with E-state index in [1.54, 1.807) is 0 Å². The molecule has 0 bridgehead atoms. The van der Waals surface area contributed by atoms with Gasteiger partial charge in [0.05, 0.1) is 12.2 Å². The van der Waals surface area contributed by atoms with E-state index in [2.05, 4.69) is 43.4 Å². The molecule has 0 aliphatic carbocycles. The molecule has 2 nitrogen and oxygen atoms in total. The highest BCUT2D eigenvalue weighted by molar-refractivity contribution is 5.14. The highest BCUT2D eigenvalue weighted by atomic mass is 16.5. The minimum absolute atomic E-state index is 0.337. The second-order valence-corrected chi connectivity index (χ2v) is 4.36. The predicted molar refractivity (Wildman–Crippen MR) is 61.7 cm³/mol. The first-order valence-corrected chi connectivity index (χ1v) is 5.68. The van der Waals surface area contributed by atoms with E-state index in [4.69, 9.17) is 4.74 Å². The van der Waals surface area contributed by atoms with Crippen molar-refractivity contribution in [2.75, 3.05) is 0 Å². The summed E-state index contributed by atoms with van der Waals surface area (Å²) in [7, 11) is 0. The second-order valence-electron chi connectivity index (χ2n) is 4.36. The van der Waals surface area contributed by atoms with Crippen LogP contribution in [0.25, 0.3) is 0 Å². The van der Waals surface area contributed by atoms with Gasteiger partial charge in [-0.2, -0.15) is 0 Å². The molecule has 1 aliphatic heterocycles. The fourth-order valence-corrected chi connectivity index (χ4v) is 2.16. The Bertz CT molecular complexity index is 299. The molecule has 1 heterocycles. The molecule has 1 N–H and O–H groups in total. The van der Waals surface area contributed by atoms with Crippen molar-refractivity contribution in [1.29, 1.82) is 0 Å². The predicted octanol–water partition coefficient (Wildman–Crippen LogP) is 2.34. The van der Waals surface area contributed by atoms with Crippen LogP contribution < -0.4 is 5.32 Å². The van der Waals surface area contributed by atoms with Crippen LogP contribution in [0.2, 0.25) is 0 Å². The van der Waals surface area contributed by atoms with Crippen LogP contribution in [-0.2, 0) is 11.3 Å². The zero-order valence-corrected chi connectivity index (χ0v) is 9.44. The summed E-state index contributed by atoms with van der Waals surface area (Å²) in [6.45, 7) is 5.22. The largest absolute Gasteiger partial charge is 0.374 e. The summed E-state index contributed by atoms with van der Waals surface area (Å²) in [6, 6.07) is 11.0. The van der Waals surface area contributed by atoms with Crippen molar-refractivity contribution in [1.82, 2.24) is 5.32 Å². The normalized spacial score (nSPS) is 30.7. The maximum atomic E-state index is 5.70. The van der Waals surface area contributed by atoms with E-state index in [0.717, 1.165) is 13.0 Å². The summed E-state index contributed by atoms with van der Waals surface area (Å²) < 4.78 is 5.70. The number of benzene rings is 1. The van der Waals surface area contributed by atoms with Gasteiger partial charge in [0.2, 0.25) is 0 Å². The Morgan fingerprint density at radius 3 is 2.60 bits per heavy atom. The molecule has 2 rings (SSSR count). The lowest BCUT2D eigenvalue weighted by Gasteiger charge is -2.15. The van der Waals surface area contributed by atoms with Crippen molar-refractivity contribution < 1.29 is 4.74 Å². The van der Waals surface area contributed by atoms with E-state index in [9.17, 15) is 0 Å². The first kappa shape index (κ1) is 10.7. The molecule has 1 aromatic rings. The van der Waals surface area contributed by atoms with Crippen LogP contribution in [0.5, 0.6) is 0 Å². The molecule has 3 unspecified atom stereocenters. The Labute approximate surface area is 91.6 Å². The van der Waals surface area contributed by atoms with Crippen LogP contribution in [0, 0.1) is 0 Å². The zero-order valence-electron chi connectivity index (χ0n) is 9.44. The fraction of sp³-hybridized carbons (Fsp3) is 0.538. The summed E-state index contributed by atoms with van der Waals surface area (Å²) >= 11 is 0. The van der Waals surface area contributed by atoms with Gasteiger partial charge in [-0.05, 0) is 25.8 Å². The molecule has 2 heteroatoms. The van der Waals surface area contributed by atoms with Crippen LogP contribution in [0.15, 0.2) is 30.3 Å². The van der Waals surface area contributed by atoms with Crippen molar-refractivity contribution >= 4 is 0 Å². The average molecular weight is 205 g/mol. The third kappa shape index (κ3) is 2.80. The van der Waals surface area contributed by atoms with Gasteiger partial charge in [0.25, 0.3) is 0 Å². The van der Waals surface area contributed by atoms with Crippen LogP contribution >= 0.6 is 0 Å². The fourth-order valence-electron chi connectivity index (χ4n) is 2.16. The first-order valence-electron chi connectivity index (χ1n) is 5.68. The Morgan fingerprint density at radius 1 is 1.27 bits per heavy atom. The van der Waals surface area contributed by atoms with E-state index in [-0.39, 0.29) is 0 Å². The van der Waals surface area contributed by atoms with Gasteiger partial charge in [-0.15, -0.1) is 0 Å². The van der Waals surface area contributed by atoms with Crippen LogP contribution in [0.1, 0.15) is 25.8 Å². The number of ether oxygens (including phenoxy) is 1. The summed E-state index contributed by atoms with van der Waals surface area (Å²) in [5.41, 5.74) is 1.34. The molecule has 0 radical (unpaired) electrons. The van der Waals surface area contributed by atoms with E-state index in [1.165, 1.54) is 5.56 Å². The van der Waals surface area contributed by atoms with E-state index < -0.39 is 0 Å². The maximum absolute atomic E-state index is 5.70. The van der Waals surface area contributed by atoms with Crippen molar-refractivity contribution in [3.63, 3.8) is 0 Å². The van der Waals surface area contributed by atoms with Gasteiger partial charge in [-0.25, -0.2) is 0 Å². The maximum Gasteiger partial charge on any atom is 0.0704 e. The van der Waals surface area contributed by atoms with Crippen molar-refractivity contribution in [2.24, 2.45) is 0 Å². The van der Waals surface area contributed by atoms with Gasteiger partial charge in [-0.1, -0.05) is 30.3 Å². The average Bonchev–Trinajstić information content (AvgIpc) is 2.56. The quantitative estimate of drug-likeness (QED) is 0.817. The molecular formula is C13H19NO. The molecule has 1 saturated heterocycles. The first-order chi connectivity index (χ1) is 7.25. The third-order valence-corrected chi connectivity index (χ3v) is 3.01. The zero-order chi connectivity index (χ0) is 10.7. The lowest BCUT2D eigenvalue weighted by Crippen LogP contribution is -2.34. The van der Waals surface area contributed by atoms with Crippen molar-refractivity contribution in [3.8, 4) is 0 Å². The summed E-state index contributed by atoms with van der Waals surface area (Å²) in [6.07, 6.45) is 1.85. The lowest BCUT2D eigenvalue weighted by molar-refractivity contribution is 0.0605. The second kappa shape index (κ2) is 4.77. The lowest BCUT2D eigenvalue weighted by atomic mass is 10.1. The Morgan fingerprint density at radius 2 is 2.00 bits per heavy atom. The van der Waals surface area contributed by atoms with E-state index >= 15 is 0 Å². The minimum Gasteiger partial charge on any atom is -0.374 e. The Kier molecular flexibility index (Phi) is 3.39. The molecule has 0 spiro atoms. The van der Waals surface area contributed by atoms with Gasteiger partial charge < -0.3 is 10.1 Å². The monoisotopic (exact) mass is 205 g/mol.